The van der Waals surface area contributed by atoms with Crippen LogP contribution >= 0.6 is 12.6 Å². The van der Waals surface area contributed by atoms with Crippen molar-refractivity contribution in [1.82, 2.24) is 0 Å². The summed E-state index contributed by atoms with van der Waals surface area (Å²) in [6.45, 7) is 0. The molecule has 0 saturated heterocycles. The van der Waals surface area contributed by atoms with E-state index in [2.05, 4.69) is 17.4 Å². The normalized spacial score (nSPS) is 14.7. The maximum absolute atomic E-state index is 12.1. The standard InChI is InChI=1S/C11H11F3O5S/c12-11(13,14)19-7-2-5(9(16)8(15)4-20)1-6(3-7)10(17)18/h1-3,8-9,15-16,20H,4H2,(H,17,18). The van der Waals surface area contributed by atoms with E-state index in [1.807, 2.05) is 0 Å². The van der Waals surface area contributed by atoms with Crippen LogP contribution in [0.2, 0.25) is 0 Å². The van der Waals surface area contributed by atoms with E-state index in [1.54, 1.807) is 0 Å². The number of hydrogen-bond acceptors (Lipinski definition) is 5. The van der Waals surface area contributed by atoms with Crippen molar-refractivity contribution in [3.05, 3.63) is 29.3 Å². The summed E-state index contributed by atoms with van der Waals surface area (Å²) in [6, 6.07) is 2.42. The highest BCUT2D eigenvalue weighted by atomic mass is 32.1. The van der Waals surface area contributed by atoms with E-state index in [-0.39, 0.29) is 11.3 Å². The van der Waals surface area contributed by atoms with Crippen molar-refractivity contribution in [2.45, 2.75) is 18.6 Å². The number of carboxylic acid groups (broad SMARTS) is 1. The van der Waals surface area contributed by atoms with Crippen molar-refractivity contribution < 1.29 is 38.0 Å². The molecule has 0 radical (unpaired) electrons. The SMILES string of the molecule is O=C(O)c1cc(OC(F)(F)F)cc(C(O)C(O)CS)c1. The Hall–Kier alpha value is -1.45. The Morgan fingerprint density at radius 3 is 2.35 bits per heavy atom. The Kier molecular flexibility index (Phi) is 5.26. The molecule has 0 heterocycles. The van der Waals surface area contributed by atoms with Crippen LogP contribution in [-0.4, -0.2) is 39.5 Å². The summed E-state index contributed by atoms with van der Waals surface area (Å²) in [6.07, 6.45) is -7.94. The number of benzene rings is 1. The second-order valence-corrected chi connectivity index (χ2v) is 4.20. The fraction of sp³-hybridized carbons (Fsp3) is 0.364. The third-order valence-corrected chi connectivity index (χ3v) is 2.68. The molecule has 0 fully saturated rings. The van der Waals surface area contributed by atoms with Crippen molar-refractivity contribution in [2.75, 3.05) is 5.75 Å². The largest absolute Gasteiger partial charge is 0.573 e. The van der Waals surface area contributed by atoms with E-state index >= 15 is 0 Å². The number of halogens is 3. The van der Waals surface area contributed by atoms with Crippen molar-refractivity contribution in [3.63, 3.8) is 0 Å². The molecular weight excluding hydrogens is 301 g/mol. The van der Waals surface area contributed by atoms with Crippen LogP contribution in [-0.2, 0) is 0 Å². The van der Waals surface area contributed by atoms with Gasteiger partial charge in [-0.25, -0.2) is 4.79 Å². The van der Waals surface area contributed by atoms with Crippen LogP contribution in [0, 0.1) is 0 Å². The smallest absolute Gasteiger partial charge is 0.478 e. The molecule has 3 N–H and O–H groups in total. The Morgan fingerprint density at radius 2 is 1.90 bits per heavy atom. The van der Waals surface area contributed by atoms with Gasteiger partial charge in [0.25, 0.3) is 0 Å². The summed E-state index contributed by atoms with van der Waals surface area (Å²) in [5, 5.41) is 27.9. The van der Waals surface area contributed by atoms with E-state index in [0.717, 1.165) is 12.1 Å². The van der Waals surface area contributed by atoms with Gasteiger partial charge < -0.3 is 20.1 Å². The topological polar surface area (TPSA) is 87.0 Å². The highest BCUT2D eigenvalue weighted by Gasteiger charge is 2.32. The number of aliphatic hydroxyl groups excluding tert-OH is 2. The molecule has 5 nitrogen and oxygen atoms in total. The molecule has 2 atom stereocenters. The third kappa shape index (κ3) is 4.58. The summed E-state index contributed by atoms with van der Waals surface area (Å²) in [5.74, 6) is -2.45. The molecule has 0 spiro atoms. The summed E-state index contributed by atoms with van der Waals surface area (Å²) in [5.41, 5.74) is -0.724. The highest BCUT2D eigenvalue weighted by molar-refractivity contribution is 7.80. The number of ether oxygens (including phenoxy) is 1. The molecule has 0 aliphatic rings. The van der Waals surface area contributed by atoms with Crippen LogP contribution in [0.15, 0.2) is 18.2 Å². The van der Waals surface area contributed by atoms with Gasteiger partial charge in [-0.05, 0) is 23.8 Å². The molecular formula is C11H11F3O5S. The van der Waals surface area contributed by atoms with Gasteiger partial charge >= 0.3 is 12.3 Å². The number of thiol groups is 1. The van der Waals surface area contributed by atoms with Crippen LogP contribution in [0.5, 0.6) is 5.75 Å². The molecule has 0 amide bonds. The molecule has 0 aliphatic carbocycles. The van der Waals surface area contributed by atoms with Crippen LogP contribution in [0.1, 0.15) is 22.0 Å². The van der Waals surface area contributed by atoms with Crippen molar-refractivity contribution in [3.8, 4) is 5.75 Å². The predicted octanol–water partition coefficient (Wildman–Crippen LogP) is 1.61. The average molecular weight is 312 g/mol. The lowest BCUT2D eigenvalue weighted by molar-refractivity contribution is -0.274. The number of aromatic carboxylic acids is 1. The molecule has 112 valence electrons. The average Bonchev–Trinajstić information content (AvgIpc) is 2.34. The second-order valence-electron chi connectivity index (χ2n) is 3.84. The van der Waals surface area contributed by atoms with Gasteiger partial charge in [0.1, 0.15) is 11.9 Å². The van der Waals surface area contributed by atoms with Gasteiger partial charge in [0.2, 0.25) is 0 Å². The molecule has 0 bridgehead atoms. The molecule has 2 unspecified atom stereocenters. The zero-order valence-electron chi connectivity index (χ0n) is 9.83. The highest BCUT2D eigenvalue weighted by Crippen LogP contribution is 2.28. The lowest BCUT2D eigenvalue weighted by atomic mass is 10.0. The first-order valence-corrected chi connectivity index (χ1v) is 5.88. The van der Waals surface area contributed by atoms with Crippen LogP contribution in [0.25, 0.3) is 0 Å². The van der Waals surface area contributed by atoms with Crippen LogP contribution < -0.4 is 4.74 Å². The van der Waals surface area contributed by atoms with Gasteiger partial charge in [-0.3, -0.25) is 0 Å². The van der Waals surface area contributed by atoms with Crippen molar-refractivity contribution in [1.29, 1.82) is 0 Å². The Morgan fingerprint density at radius 1 is 1.30 bits per heavy atom. The molecule has 1 aromatic rings. The Labute approximate surface area is 117 Å². The minimum atomic E-state index is -5.00. The quantitative estimate of drug-likeness (QED) is 0.621. The maximum atomic E-state index is 12.1. The van der Waals surface area contributed by atoms with Crippen LogP contribution in [0.4, 0.5) is 13.2 Å². The molecule has 1 rings (SSSR count). The van der Waals surface area contributed by atoms with Crippen molar-refractivity contribution in [2.24, 2.45) is 0 Å². The van der Waals surface area contributed by atoms with Gasteiger partial charge in [0.05, 0.1) is 11.7 Å². The first kappa shape index (κ1) is 16.6. The van der Waals surface area contributed by atoms with E-state index in [1.165, 1.54) is 0 Å². The predicted molar refractivity (Wildman–Crippen MR) is 64.9 cm³/mol. The van der Waals surface area contributed by atoms with Crippen molar-refractivity contribution >= 4 is 18.6 Å². The van der Waals surface area contributed by atoms with Gasteiger partial charge in [0.15, 0.2) is 0 Å². The second kappa shape index (κ2) is 6.33. The number of rotatable bonds is 5. The molecule has 0 aliphatic heterocycles. The summed E-state index contributed by atoms with van der Waals surface area (Å²) < 4.78 is 40.0. The monoisotopic (exact) mass is 312 g/mol. The molecule has 0 aromatic heterocycles. The molecule has 9 heteroatoms. The Bertz CT molecular complexity index is 491. The van der Waals surface area contributed by atoms with Gasteiger partial charge in [-0.2, -0.15) is 12.6 Å². The zero-order chi connectivity index (χ0) is 15.5. The minimum absolute atomic E-state index is 0.159. The molecule has 0 saturated carbocycles. The lowest BCUT2D eigenvalue weighted by Gasteiger charge is -2.18. The number of carboxylic acids is 1. The van der Waals surface area contributed by atoms with E-state index in [0.29, 0.717) is 6.07 Å². The first-order chi connectivity index (χ1) is 9.14. The summed E-state index contributed by atoms with van der Waals surface area (Å²) in [4.78, 5) is 10.8. The number of aliphatic hydroxyl groups is 2. The number of carbonyl (C=O) groups is 1. The van der Waals surface area contributed by atoms with Gasteiger partial charge in [-0.15, -0.1) is 13.2 Å². The molecule has 1 aromatic carbocycles. The van der Waals surface area contributed by atoms with E-state index < -0.39 is 35.9 Å². The fourth-order valence-corrected chi connectivity index (χ4v) is 1.63. The fourth-order valence-electron chi connectivity index (χ4n) is 1.43. The lowest BCUT2D eigenvalue weighted by Crippen LogP contribution is -2.21. The third-order valence-electron chi connectivity index (χ3n) is 2.30. The number of alkyl halides is 3. The Balaban J connectivity index is 3.20. The van der Waals surface area contributed by atoms with Gasteiger partial charge in [0, 0.05) is 5.75 Å². The van der Waals surface area contributed by atoms with Crippen LogP contribution in [0.3, 0.4) is 0 Å². The first-order valence-electron chi connectivity index (χ1n) is 5.25. The maximum Gasteiger partial charge on any atom is 0.573 e. The zero-order valence-corrected chi connectivity index (χ0v) is 10.7. The minimum Gasteiger partial charge on any atom is -0.478 e. The van der Waals surface area contributed by atoms with Gasteiger partial charge in [-0.1, -0.05) is 0 Å². The van der Waals surface area contributed by atoms with E-state index in [9.17, 15) is 28.2 Å². The summed E-state index contributed by atoms with van der Waals surface area (Å²) in [7, 11) is 0. The molecule has 20 heavy (non-hydrogen) atoms. The van der Waals surface area contributed by atoms with E-state index in [4.69, 9.17) is 5.11 Å². The summed E-state index contributed by atoms with van der Waals surface area (Å²) >= 11 is 3.73. The number of hydrogen-bond donors (Lipinski definition) is 4.